The van der Waals surface area contributed by atoms with Gasteiger partial charge in [0.25, 0.3) is 5.91 Å². The number of rotatable bonds is 8. The molecule has 0 spiro atoms. The van der Waals surface area contributed by atoms with Crippen molar-refractivity contribution in [1.29, 1.82) is 0 Å². The van der Waals surface area contributed by atoms with Gasteiger partial charge >= 0.3 is 0 Å². The molecule has 2 aromatic rings. The maximum Gasteiger partial charge on any atom is 0.261 e. The first-order valence-corrected chi connectivity index (χ1v) is 8.29. The maximum atomic E-state index is 13.8. The van der Waals surface area contributed by atoms with E-state index in [-0.39, 0.29) is 0 Å². The molecule has 0 fully saturated rings. The quantitative estimate of drug-likeness (QED) is 0.619. The Hall–Kier alpha value is -3.29. The molecule has 1 amide bonds. The minimum atomic E-state index is -0.929. The van der Waals surface area contributed by atoms with E-state index in [2.05, 4.69) is 27.2 Å². The van der Waals surface area contributed by atoms with Gasteiger partial charge in [-0.15, -0.1) is 0 Å². The number of hydrogen-bond donors (Lipinski definition) is 3. The summed E-state index contributed by atoms with van der Waals surface area (Å²) in [5.41, 5.74) is 6.92. The smallest absolute Gasteiger partial charge is 0.261 e. The van der Waals surface area contributed by atoms with Crippen molar-refractivity contribution < 1.29 is 13.6 Å². The summed E-state index contributed by atoms with van der Waals surface area (Å²) in [6.45, 7) is 3.95. The molecule has 27 heavy (non-hydrogen) atoms. The van der Waals surface area contributed by atoms with Crippen LogP contribution in [0.1, 0.15) is 28.8 Å². The van der Waals surface area contributed by atoms with Crippen molar-refractivity contribution in [3.05, 3.63) is 77.5 Å². The van der Waals surface area contributed by atoms with Gasteiger partial charge in [-0.25, -0.2) is 18.7 Å². The van der Waals surface area contributed by atoms with Crippen LogP contribution < -0.4 is 16.4 Å². The highest BCUT2D eigenvalue weighted by Gasteiger charge is 2.18. The maximum absolute atomic E-state index is 13.8. The highest BCUT2D eigenvalue weighted by atomic mass is 19.1. The Morgan fingerprint density at radius 1 is 1.33 bits per heavy atom. The van der Waals surface area contributed by atoms with Crippen LogP contribution in [0.15, 0.2) is 54.8 Å². The van der Waals surface area contributed by atoms with Crippen LogP contribution in [0, 0.1) is 11.6 Å². The molecule has 0 saturated carbocycles. The largest absolute Gasteiger partial charge is 0.392 e. The van der Waals surface area contributed by atoms with E-state index in [0.29, 0.717) is 36.4 Å². The number of amides is 1. The number of nitrogens with two attached hydrogens (primary N) is 1. The normalized spacial score (nSPS) is 11.1. The molecule has 142 valence electrons. The summed E-state index contributed by atoms with van der Waals surface area (Å²) in [5, 5.41) is 5.29. The van der Waals surface area contributed by atoms with Crippen molar-refractivity contribution in [2.75, 3.05) is 12.8 Å². The number of hydrogen-bond acceptors (Lipinski definition) is 5. The van der Waals surface area contributed by atoms with Crippen molar-refractivity contribution in [1.82, 2.24) is 20.6 Å². The van der Waals surface area contributed by atoms with E-state index in [1.54, 1.807) is 13.2 Å². The Bertz CT molecular complexity index is 847. The van der Waals surface area contributed by atoms with E-state index < -0.39 is 23.1 Å². The minimum absolute atomic E-state index is 0.349. The Morgan fingerprint density at radius 3 is 2.67 bits per heavy atom. The molecule has 8 heteroatoms. The molecule has 1 aromatic carbocycles. The number of benzene rings is 1. The van der Waals surface area contributed by atoms with Crippen LogP contribution in [0.25, 0.3) is 0 Å². The summed E-state index contributed by atoms with van der Waals surface area (Å²) in [6, 6.07) is 3.25. The van der Waals surface area contributed by atoms with Gasteiger partial charge in [0, 0.05) is 25.0 Å². The van der Waals surface area contributed by atoms with Crippen LogP contribution in [-0.2, 0) is 6.42 Å². The van der Waals surface area contributed by atoms with E-state index in [1.165, 1.54) is 18.6 Å². The second-order valence-corrected chi connectivity index (χ2v) is 5.79. The van der Waals surface area contributed by atoms with Gasteiger partial charge in [-0.2, -0.15) is 0 Å². The van der Waals surface area contributed by atoms with Crippen LogP contribution in [0.5, 0.6) is 0 Å². The molecule has 0 aliphatic carbocycles. The lowest BCUT2D eigenvalue weighted by molar-refractivity contribution is 0.0958. The molecule has 0 aliphatic heterocycles. The zero-order valence-electron chi connectivity index (χ0n) is 14.9. The summed E-state index contributed by atoms with van der Waals surface area (Å²) in [6.07, 6.45) is 6.39. The van der Waals surface area contributed by atoms with Crippen molar-refractivity contribution in [2.45, 2.75) is 19.3 Å². The monoisotopic (exact) mass is 373 g/mol. The lowest BCUT2D eigenvalue weighted by Crippen LogP contribution is -2.27. The second-order valence-electron chi connectivity index (χ2n) is 5.79. The van der Waals surface area contributed by atoms with Gasteiger partial charge in [0.2, 0.25) is 0 Å². The Kier molecular flexibility index (Phi) is 6.99. The van der Waals surface area contributed by atoms with Crippen molar-refractivity contribution in [3.8, 4) is 0 Å². The molecule has 0 bridgehead atoms. The van der Waals surface area contributed by atoms with Gasteiger partial charge < -0.3 is 16.4 Å². The fourth-order valence-electron chi connectivity index (χ4n) is 2.46. The molecule has 0 radical (unpaired) electrons. The lowest BCUT2D eigenvalue weighted by atomic mass is 10.0. The first-order chi connectivity index (χ1) is 12.9. The molecule has 1 aromatic heterocycles. The number of carbonyl (C=O) groups is 1. The summed E-state index contributed by atoms with van der Waals surface area (Å²) >= 11 is 0. The average molecular weight is 373 g/mol. The van der Waals surface area contributed by atoms with E-state index in [1.807, 2.05) is 0 Å². The Labute approximate surface area is 156 Å². The molecular formula is C19H21F2N5O. The SMILES string of the molecule is C=C(CCCc1cncnc1N)/C(=C\NC)NC(=O)c1c(F)cccc1F. The van der Waals surface area contributed by atoms with Crippen molar-refractivity contribution >= 4 is 11.7 Å². The molecule has 0 aliphatic rings. The molecule has 0 unspecified atom stereocenters. The zero-order chi connectivity index (χ0) is 19.8. The number of halogens is 2. The van der Waals surface area contributed by atoms with Crippen LogP contribution in [-0.4, -0.2) is 22.9 Å². The molecule has 0 saturated heterocycles. The third kappa shape index (κ3) is 5.34. The number of aryl methyl sites for hydroxylation is 1. The Morgan fingerprint density at radius 2 is 2.04 bits per heavy atom. The number of nitrogens with zero attached hydrogens (tertiary/aromatic N) is 2. The summed E-state index contributed by atoms with van der Waals surface area (Å²) < 4.78 is 27.6. The lowest BCUT2D eigenvalue weighted by Gasteiger charge is -2.14. The topological polar surface area (TPSA) is 92.9 Å². The molecular weight excluding hydrogens is 352 g/mol. The highest BCUT2D eigenvalue weighted by molar-refractivity contribution is 5.96. The number of carbonyl (C=O) groups excluding carboxylic acids is 1. The third-order valence-corrected chi connectivity index (χ3v) is 3.86. The minimum Gasteiger partial charge on any atom is -0.392 e. The zero-order valence-corrected chi connectivity index (χ0v) is 14.9. The van der Waals surface area contributed by atoms with Gasteiger partial charge in [-0.3, -0.25) is 4.79 Å². The average Bonchev–Trinajstić information content (AvgIpc) is 2.62. The van der Waals surface area contributed by atoms with Crippen LogP contribution >= 0.6 is 0 Å². The molecule has 2 rings (SSSR count). The van der Waals surface area contributed by atoms with Gasteiger partial charge in [0.1, 0.15) is 29.3 Å². The summed E-state index contributed by atoms with van der Waals surface area (Å²) in [4.78, 5) is 20.1. The number of allylic oxidation sites excluding steroid dienone is 1. The van der Waals surface area contributed by atoms with Crippen LogP contribution in [0.2, 0.25) is 0 Å². The third-order valence-electron chi connectivity index (χ3n) is 3.86. The number of anilines is 1. The molecule has 1 heterocycles. The van der Waals surface area contributed by atoms with Gasteiger partial charge in [-0.1, -0.05) is 12.6 Å². The number of aromatic nitrogens is 2. The van der Waals surface area contributed by atoms with E-state index in [4.69, 9.17) is 5.73 Å². The van der Waals surface area contributed by atoms with E-state index in [0.717, 1.165) is 17.7 Å². The number of nitrogens with one attached hydrogen (secondary N) is 2. The molecule has 0 atom stereocenters. The fourth-order valence-corrected chi connectivity index (χ4v) is 2.46. The first kappa shape index (κ1) is 20.0. The predicted octanol–water partition coefficient (Wildman–Crippen LogP) is 2.71. The van der Waals surface area contributed by atoms with Crippen LogP contribution in [0.3, 0.4) is 0 Å². The standard InChI is InChI=1S/C19H21F2N5O/c1-12(5-3-6-13-9-24-11-25-18(13)22)16(10-23-2)26-19(27)17-14(20)7-4-8-15(17)21/h4,7-11,23H,1,3,5-6H2,2H3,(H,26,27)(H2,22,24,25)/b16-10+. The fraction of sp³-hybridized carbons (Fsp3) is 0.211. The van der Waals surface area contributed by atoms with E-state index in [9.17, 15) is 13.6 Å². The van der Waals surface area contributed by atoms with Crippen molar-refractivity contribution in [2.24, 2.45) is 0 Å². The van der Waals surface area contributed by atoms with Gasteiger partial charge in [0.05, 0.1) is 5.70 Å². The summed E-state index contributed by atoms with van der Waals surface area (Å²) in [7, 11) is 1.64. The van der Waals surface area contributed by atoms with E-state index >= 15 is 0 Å². The van der Waals surface area contributed by atoms with Crippen molar-refractivity contribution in [3.63, 3.8) is 0 Å². The molecule has 6 nitrogen and oxygen atoms in total. The van der Waals surface area contributed by atoms with Gasteiger partial charge in [0.15, 0.2) is 0 Å². The van der Waals surface area contributed by atoms with Gasteiger partial charge in [-0.05, 0) is 37.0 Å². The Balaban J connectivity index is 2.02. The first-order valence-electron chi connectivity index (χ1n) is 8.29. The number of nitrogen functional groups attached to an aromatic ring is 1. The summed E-state index contributed by atoms with van der Waals surface area (Å²) in [5.74, 6) is -2.32. The predicted molar refractivity (Wildman–Crippen MR) is 99.5 cm³/mol. The second kappa shape index (κ2) is 9.42. The van der Waals surface area contributed by atoms with Crippen LogP contribution in [0.4, 0.5) is 14.6 Å². The molecule has 4 N–H and O–H groups in total. The highest BCUT2D eigenvalue weighted by Crippen LogP contribution is 2.18.